The number of rotatable bonds is 6. The molecule has 1 aromatic rings. The second-order valence-electron chi connectivity index (χ2n) is 9.58. The van der Waals surface area contributed by atoms with Crippen LogP contribution in [0.15, 0.2) is 12.3 Å². The van der Waals surface area contributed by atoms with Gasteiger partial charge in [0.2, 0.25) is 5.91 Å². The SMILES string of the molecule is O=C(NC1CCC(CCN2CCN(c3nccc4c3OCC4)CC2)CC1)C1CC1(F)F. The van der Waals surface area contributed by atoms with E-state index in [1.165, 1.54) is 12.0 Å². The van der Waals surface area contributed by atoms with Gasteiger partial charge in [0.25, 0.3) is 5.92 Å². The molecule has 0 spiro atoms. The van der Waals surface area contributed by atoms with E-state index in [4.69, 9.17) is 4.74 Å². The molecule has 1 N–H and O–H groups in total. The van der Waals surface area contributed by atoms with Crippen LogP contribution >= 0.6 is 0 Å². The van der Waals surface area contributed by atoms with Crippen LogP contribution in [-0.4, -0.2) is 67.1 Å². The van der Waals surface area contributed by atoms with Crippen molar-refractivity contribution in [3.05, 3.63) is 17.8 Å². The molecule has 5 rings (SSSR count). The maximum absolute atomic E-state index is 13.0. The fourth-order valence-corrected chi connectivity index (χ4v) is 5.26. The molecular weight excluding hydrogens is 402 g/mol. The predicted molar refractivity (Wildman–Crippen MR) is 114 cm³/mol. The monoisotopic (exact) mass is 434 g/mol. The topological polar surface area (TPSA) is 57.7 Å². The number of carbonyl (C=O) groups excluding carboxylic acids is 1. The number of amides is 1. The minimum absolute atomic E-state index is 0.0750. The molecule has 6 nitrogen and oxygen atoms in total. The highest BCUT2D eigenvalue weighted by Crippen LogP contribution is 2.48. The van der Waals surface area contributed by atoms with E-state index in [2.05, 4.69) is 26.2 Å². The van der Waals surface area contributed by atoms with Crippen LogP contribution in [0.5, 0.6) is 5.75 Å². The van der Waals surface area contributed by atoms with Crippen LogP contribution < -0.4 is 15.0 Å². The first-order valence-corrected chi connectivity index (χ1v) is 11.8. The molecule has 1 unspecified atom stereocenters. The number of fused-ring (bicyclic) bond motifs is 1. The van der Waals surface area contributed by atoms with Crippen LogP contribution in [-0.2, 0) is 11.2 Å². The number of pyridine rings is 1. The summed E-state index contributed by atoms with van der Waals surface area (Å²) in [6.07, 6.45) is 7.72. The van der Waals surface area contributed by atoms with Crippen LogP contribution in [0, 0.1) is 11.8 Å². The third-order valence-electron chi connectivity index (χ3n) is 7.45. The number of halogens is 2. The Labute approximate surface area is 182 Å². The number of hydrogen-bond acceptors (Lipinski definition) is 5. The van der Waals surface area contributed by atoms with Crippen molar-refractivity contribution in [3.8, 4) is 5.75 Å². The molecule has 1 saturated heterocycles. The van der Waals surface area contributed by atoms with Gasteiger partial charge in [-0.15, -0.1) is 0 Å². The summed E-state index contributed by atoms with van der Waals surface area (Å²) in [4.78, 5) is 21.3. The highest BCUT2D eigenvalue weighted by atomic mass is 19.3. The molecule has 4 aliphatic rings. The van der Waals surface area contributed by atoms with Gasteiger partial charge in [-0.2, -0.15) is 0 Å². The number of anilines is 1. The number of alkyl halides is 2. The van der Waals surface area contributed by atoms with Gasteiger partial charge in [-0.25, -0.2) is 13.8 Å². The van der Waals surface area contributed by atoms with Crippen LogP contribution in [0.2, 0.25) is 0 Å². The Morgan fingerprint density at radius 3 is 2.65 bits per heavy atom. The van der Waals surface area contributed by atoms with Gasteiger partial charge in [0.05, 0.1) is 6.61 Å². The fourth-order valence-electron chi connectivity index (χ4n) is 5.26. The van der Waals surface area contributed by atoms with Crippen LogP contribution in [0.25, 0.3) is 0 Å². The standard InChI is InChI=1S/C23H32F2N4O2/c24-23(25)15-19(23)22(30)27-18-3-1-16(2-4-18)6-9-28-10-12-29(13-11-28)21-20-17(5-8-26-21)7-14-31-20/h5,8,16,18-19H,1-4,6-7,9-15H2,(H,27,30). The van der Waals surface area contributed by atoms with Crippen molar-refractivity contribution in [2.75, 3.05) is 44.2 Å². The Morgan fingerprint density at radius 2 is 1.94 bits per heavy atom. The van der Waals surface area contributed by atoms with Gasteiger partial charge in [-0.05, 0) is 50.6 Å². The first-order chi connectivity index (χ1) is 15.0. The summed E-state index contributed by atoms with van der Waals surface area (Å²) in [5.74, 6) is -1.65. The van der Waals surface area contributed by atoms with E-state index in [-0.39, 0.29) is 12.5 Å². The smallest absolute Gasteiger partial charge is 0.260 e. The van der Waals surface area contributed by atoms with Gasteiger partial charge in [-0.3, -0.25) is 9.69 Å². The molecule has 1 aromatic heterocycles. The van der Waals surface area contributed by atoms with Crippen LogP contribution in [0.3, 0.4) is 0 Å². The molecule has 1 atom stereocenters. The van der Waals surface area contributed by atoms with Crippen molar-refractivity contribution in [1.82, 2.24) is 15.2 Å². The van der Waals surface area contributed by atoms with Crippen molar-refractivity contribution in [3.63, 3.8) is 0 Å². The Bertz CT molecular complexity index is 805. The van der Waals surface area contributed by atoms with Crippen LogP contribution in [0.1, 0.15) is 44.1 Å². The Morgan fingerprint density at radius 1 is 1.19 bits per heavy atom. The molecule has 2 aliphatic carbocycles. The average molecular weight is 435 g/mol. The Hall–Kier alpha value is -1.96. The number of aromatic nitrogens is 1. The molecule has 2 aliphatic heterocycles. The first kappa shape index (κ1) is 20.9. The summed E-state index contributed by atoms with van der Waals surface area (Å²) in [5.41, 5.74) is 1.27. The molecule has 0 bridgehead atoms. The summed E-state index contributed by atoms with van der Waals surface area (Å²) < 4.78 is 31.9. The molecular formula is C23H32F2N4O2. The van der Waals surface area contributed by atoms with Gasteiger partial charge in [0.15, 0.2) is 11.6 Å². The first-order valence-electron chi connectivity index (χ1n) is 11.8. The van der Waals surface area contributed by atoms with E-state index >= 15 is 0 Å². The summed E-state index contributed by atoms with van der Waals surface area (Å²) >= 11 is 0. The Kier molecular flexibility index (Phi) is 5.75. The van der Waals surface area contributed by atoms with Crippen molar-refractivity contribution >= 4 is 11.7 Å². The molecule has 0 aromatic carbocycles. The highest BCUT2D eigenvalue weighted by Gasteiger charge is 2.61. The second kappa shape index (κ2) is 8.52. The van der Waals surface area contributed by atoms with E-state index in [1.54, 1.807) is 0 Å². The number of piperazine rings is 1. The summed E-state index contributed by atoms with van der Waals surface area (Å²) in [7, 11) is 0. The van der Waals surface area contributed by atoms with Gasteiger partial charge in [-0.1, -0.05) is 0 Å². The fraction of sp³-hybridized carbons (Fsp3) is 0.739. The largest absolute Gasteiger partial charge is 0.489 e. The maximum atomic E-state index is 13.0. The molecule has 170 valence electrons. The maximum Gasteiger partial charge on any atom is 0.260 e. The van der Waals surface area contributed by atoms with E-state index in [1.807, 2.05) is 6.20 Å². The zero-order valence-electron chi connectivity index (χ0n) is 18.0. The van der Waals surface area contributed by atoms with E-state index in [0.29, 0.717) is 5.92 Å². The molecule has 3 fully saturated rings. The van der Waals surface area contributed by atoms with Crippen LogP contribution in [0.4, 0.5) is 14.6 Å². The molecule has 1 amide bonds. The number of ether oxygens (including phenoxy) is 1. The number of carbonyl (C=O) groups is 1. The molecule has 8 heteroatoms. The van der Waals surface area contributed by atoms with Gasteiger partial charge < -0.3 is 15.0 Å². The zero-order chi connectivity index (χ0) is 21.4. The van der Waals surface area contributed by atoms with Gasteiger partial charge in [0, 0.05) is 56.8 Å². The van der Waals surface area contributed by atoms with E-state index < -0.39 is 17.7 Å². The lowest BCUT2D eigenvalue weighted by atomic mass is 9.84. The van der Waals surface area contributed by atoms with Crippen molar-refractivity contribution in [2.24, 2.45) is 11.8 Å². The van der Waals surface area contributed by atoms with Gasteiger partial charge in [0.1, 0.15) is 5.92 Å². The van der Waals surface area contributed by atoms with Crippen molar-refractivity contribution in [2.45, 2.75) is 56.9 Å². The van der Waals surface area contributed by atoms with Crippen molar-refractivity contribution < 1.29 is 18.3 Å². The van der Waals surface area contributed by atoms with Gasteiger partial charge >= 0.3 is 0 Å². The lowest BCUT2D eigenvalue weighted by Crippen LogP contribution is -2.47. The number of nitrogens with zero attached hydrogens (tertiary/aromatic N) is 3. The lowest BCUT2D eigenvalue weighted by Gasteiger charge is -2.37. The lowest BCUT2D eigenvalue weighted by molar-refractivity contribution is -0.125. The third-order valence-corrected chi connectivity index (χ3v) is 7.45. The normalized spacial score (nSPS) is 29.9. The second-order valence-corrected chi connectivity index (χ2v) is 9.58. The molecule has 0 radical (unpaired) electrons. The number of hydrogen-bond donors (Lipinski definition) is 1. The van der Waals surface area contributed by atoms with Crippen molar-refractivity contribution in [1.29, 1.82) is 0 Å². The minimum Gasteiger partial charge on any atom is -0.489 e. The number of nitrogens with one attached hydrogen (secondary N) is 1. The summed E-state index contributed by atoms with van der Waals surface area (Å²) in [5, 5.41) is 2.85. The minimum atomic E-state index is -2.77. The Balaban J connectivity index is 1.01. The highest BCUT2D eigenvalue weighted by molar-refractivity contribution is 5.83. The zero-order valence-corrected chi connectivity index (χ0v) is 18.0. The van der Waals surface area contributed by atoms with E-state index in [0.717, 1.165) is 83.0 Å². The predicted octanol–water partition coefficient (Wildman–Crippen LogP) is 2.86. The molecule has 31 heavy (non-hydrogen) atoms. The van der Waals surface area contributed by atoms with E-state index in [9.17, 15) is 13.6 Å². The average Bonchev–Trinajstić information content (AvgIpc) is 3.18. The third kappa shape index (κ3) is 4.64. The molecule has 3 heterocycles. The summed E-state index contributed by atoms with van der Waals surface area (Å²) in [6, 6.07) is 2.13. The summed E-state index contributed by atoms with van der Waals surface area (Å²) in [6.45, 7) is 5.86. The molecule has 2 saturated carbocycles. The quantitative estimate of drug-likeness (QED) is 0.746.